The molecule has 2 heterocycles. The molecule has 1 saturated heterocycles. The van der Waals surface area contributed by atoms with Gasteiger partial charge in [0.2, 0.25) is 0 Å². The highest BCUT2D eigenvalue weighted by Crippen LogP contribution is 2.38. The summed E-state index contributed by atoms with van der Waals surface area (Å²) in [7, 11) is 0. The van der Waals surface area contributed by atoms with Crippen LogP contribution in [0.15, 0.2) is 30.6 Å². The van der Waals surface area contributed by atoms with Gasteiger partial charge >= 0.3 is 0 Å². The average Bonchev–Trinajstić information content (AvgIpc) is 3.13. The Bertz CT molecular complexity index is 1050. The molecule has 0 radical (unpaired) electrons. The molecule has 5 rings (SSSR count). The molecule has 0 aromatic heterocycles. The van der Waals surface area contributed by atoms with Crippen LogP contribution in [0.4, 0.5) is 0 Å². The highest BCUT2D eigenvalue weighted by Gasteiger charge is 2.31. The van der Waals surface area contributed by atoms with E-state index >= 15 is 0 Å². The van der Waals surface area contributed by atoms with E-state index < -0.39 is 0 Å². The van der Waals surface area contributed by atoms with E-state index in [0.29, 0.717) is 0 Å². The van der Waals surface area contributed by atoms with Gasteiger partial charge in [0.1, 0.15) is 23.8 Å². The van der Waals surface area contributed by atoms with Crippen molar-refractivity contribution in [3.63, 3.8) is 0 Å². The van der Waals surface area contributed by atoms with E-state index in [1.165, 1.54) is 28.7 Å². The topological polar surface area (TPSA) is 61.0 Å². The molecule has 4 aliphatic rings. The summed E-state index contributed by atoms with van der Waals surface area (Å²) in [6.45, 7) is 7.21. The lowest BCUT2D eigenvalue weighted by Gasteiger charge is -2.37. The van der Waals surface area contributed by atoms with Crippen LogP contribution in [0.2, 0.25) is 0 Å². The molecule has 0 N–H and O–H groups in total. The molecule has 1 aromatic rings. The largest absolute Gasteiger partial charge is 0.299 e. The van der Waals surface area contributed by atoms with Gasteiger partial charge in [0, 0.05) is 32.7 Å². The van der Waals surface area contributed by atoms with Gasteiger partial charge < -0.3 is 0 Å². The molecule has 2 aliphatic heterocycles. The lowest BCUT2D eigenvalue weighted by molar-refractivity contribution is 0.237. The Hall–Kier alpha value is -2.91. The van der Waals surface area contributed by atoms with E-state index in [9.17, 15) is 5.26 Å². The summed E-state index contributed by atoms with van der Waals surface area (Å²) in [6.07, 6.45) is 7.06. The molecule has 1 fully saturated rings. The predicted octanol–water partition coefficient (Wildman–Crippen LogP) is 2.94. The number of hydrogen-bond donors (Lipinski definition) is 0. The van der Waals surface area contributed by atoms with Crippen molar-refractivity contribution in [1.29, 1.82) is 5.26 Å². The van der Waals surface area contributed by atoms with Crippen LogP contribution in [0, 0.1) is 18.3 Å². The van der Waals surface area contributed by atoms with Crippen molar-refractivity contribution < 1.29 is 0 Å². The van der Waals surface area contributed by atoms with E-state index in [0.717, 1.165) is 75.4 Å². The van der Waals surface area contributed by atoms with Gasteiger partial charge in [0.15, 0.2) is 0 Å². The molecule has 6 nitrogen and oxygen atoms in total. The fraction of sp³-hybridized carbons (Fsp3) is 0.458. The zero-order valence-electron chi connectivity index (χ0n) is 17.6. The molecular weight excluding hydrogens is 372 g/mol. The van der Waals surface area contributed by atoms with Crippen LogP contribution >= 0.6 is 0 Å². The molecule has 0 spiro atoms. The SMILES string of the molecule is Cc1ccccc1CCN1CCN(n2ncnc3c(C#N)c4c(c2-3)CCCC4)CC1. The van der Waals surface area contributed by atoms with Crippen LogP contribution in [0.1, 0.15) is 40.7 Å². The zero-order valence-corrected chi connectivity index (χ0v) is 17.6. The van der Waals surface area contributed by atoms with Crippen molar-refractivity contribution in [2.45, 2.75) is 39.0 Å². The van der Waals surface area contributed by atoms with E-state index in [1.807, 2.05) is 4.79 Å². The minimum Gasteiger partial charge on any atom is -0.299 e. The lowest BCUT2D eigenvalue weighted by Crippen LogP contribution is -2.52. The van der Waals surface area contributed by atoms with Gasteiger partial charge in [0.25, 0.3) is 0 Å². The van der Waals surface area contributed by atoms with Gasteiger partial charge in [-0.1, -0.05) is 24.3 Å². The van der Waals surface area contributed by atoms with Gasteiger partial charge in [-0.25, -0.2) is 4.98 Å². The average molecular weight is 401 g/mol. The Labute approximate surface area is 178 Å². The van der Waals surface area contributed by atoms with Crippen molar-refractivity contribution in [3.05, 3.63) is 58.4 Å². The second kappa shape index (κ2) is 8.08. The Balaban J connectivity index is 1.32. The smallest absolute Gasteiger partial charge is 0.138 e. The maximum atomic E-state index is 9.75. The van der Waals surface area contributed by atoms with Gasteiger partial charge in [-0.15, -0.1) is 5.10 Å². The molecule has 0 unspecified atom stereocenters. The molecule has 0 saturated carbocycles. The van der Waals surface area contributed by atoms with Crippen LogP contribution < -0.4 is 5.01 Å². The van der Waals surface area contributed by atoms with Crippen molar-refractivity contribution in [3.8, 4) is 17.5 Å². The normalized spacial score (nSPS) is 17.1. The van der Waals surface area contributed by atoms with Crippen molar-refractivity contribution >= 4 is 0 Å². The Morgan fingerprint density at radius 2 is 1.80 bits per heavy atom. The highest BCUT2D eigenvalue weighted by molar-refractivity contribution is 5.76. The first-order chi connectivity index (χ1) is 14.8. The van der Waals surface area contributed by atoms with E-state index in [-0.39, 0.29) is 0 Å². The first kappa shape index (κ1) is 19.1. The van der Waals surface area contributed by atoms with Crippen LogP contribution in [-0.2, 0) is 19.3 Å². The third kappa shape index (κ3) is 3.33. The van der Waals surface area contributed by atoms with E-state index in [2.05, 4.69) is 57.2 Å². The third-order valence-corrected chi connectivity index (χ3v) is 6.75. The van der Waals surface area contributed by atoms with Gasteiger partial charge in [0.05, 0.1) is 5.56 Å². The Morgan fingerprint density at radius 1 is 1.03 bits per heavy atom. The summed E-state index contributed by atoms with van der Waals surface area (Å²) in [6, 6.07) is 11.1. The zero-order chi connectivity index (χ0) is 20.5. The number of piperazine rings is 1. The number of nitriles is 1. The van der Waals surface area contributed by atoms with Crippen LogP contribution in [-0.4, -0.2) is 52.5 Å². The number of benzene rings is 1. The fourth-order valence-corrected chi connectivity index (χ4v) is 5.03. The molecule has 0 amide bonds. The number of hydrogen-bond acceptors (Lipinski definition) is 5. The summed E-state index contributed by atoms with van der Waals surface area (Å²) in [5, 5.41) is 16.7. The Morgan fingerprint density at radius 3 is 2.57 bits per heavy atom. The Kier molecular flexibility index (Phi) is 5.14. The van der Waals surface area contributed by atoms with Crippen molar-refractivity contribution in [2.75, 3.05) is 37.7 Å². The standard InChI is InChI=1S/C24H28N6/c1-18-6-2-3-7-19(18)10-11-28-12-14-29(15-13-28)30-24-21-9-5-4-8-20(21)22(16-25)23(24)26-17-27-30/h2-3,6-7,17H,4-5,8-15H2,1H3. The first-order valence-electron chi connectivity index (χ1n) is 11.1. The summed E-state index contributed by atoms with van der Waals surface area (Å²) in [4.78, 5) is 9.10. The quantitative estimate of drug-likeness (QED) is 0.674. The molecule has 30 heavy (non-hydrogen) atoms. The lowest BCUT2D eigenvalue weighted by atomic mass is 9.94. The van der Waals surface area contributed by atoms with Crippen LogP contribution in [0.5, 0.6) is 0 Å². The van der Waals surface area contributed by atoms with E-state index in [1.54, 1.807) is 6.33 Å². The number of nitrogens with zero attached hydrogens (tertiary/aromatic N) is 6. The van der Waals surface area contributed by atoms with Crippen LogP contribution in [0.25, 0.3) is 11.4 Å². The highest BCUT2D eigenvalue weighted by atomic mass is 15.7. The summed E-state index contributed by atoms with van der Waals surface area (Å²) in [5.41, 5.74) is 8.01. The number of fused-ring (bicyclic) bond motifs is 3. The minimum atomic E-state index is 0.771. The predicted molar refractivity (Wildman–Crippen MR) is 117 cm³/mol. The van der Waals surface area contributed by atoms with Gasteiger partial charge in [-0.05, 0) is 61.3 Å². The minimum absolute atomic E-state index is 0.771. The molecule has 2 aliphatic carbocycles. The van der Waals surface area contributed by atoms with Crippen molar-refractivity contribution in [2.24, 2.45) is 0 Å². The monoisotopic (exact) mass is 400 g/mol. The van der Waals surface area contributed by atoms with Gasteiger partial charge in [-0.3, -0.25) is 9.91 Å². The fourth-order valence-electron chi connectivity index (χ4n) is 5.03. The molecular formula is C24H28N6. The maximum Gasteiger partial charge on any atom is 0.138 e. The number of rotatable bonds is 4. The maximum absolute atomic E-state index is 9.75. The van der Waals surface area contributed by atoms with Crippen LogP contribution in [0.3, 0.4) is 0 Å². The second-order valence-electron chi connectivity index (χ2n) is 8.47. The second-order valence-corrected chi connectivity index (χ2v) is 8.47. The summed E-state index contributed by atoms with van der Waals surface area (Å²) >= 11 is 0. The van der Waals surface area contributed by atoms with E-state index in [4.69, 9.17) is 0 Å². The number of aryl methyl sites for hydroxylation is 1. The number of aromatic nitrogens is 3. The molecule has 0 atom stereocenters. The molecule has 154 valence electrons. The van der Waals surface area contributed by atoms with Crippen molar-refractivity contribution in [1.82, 2.24) is 19.8 Å². The molecule has 1 aromatic carbocycles. The third-order valence-electron chi connectivity index (χ3n) is 6.75. The summed E-state index contributed by atoms with van der Waals surface area (Å²) in [5.74, 6) is 0. The molecule has 0 bridgehead atoms. The summed E-state index contributed by atoms with van der Waals surface area (Å²) < 4.78 is 0. The van der Waals surface area contributed by atoms with Gasteiger partial charge in [-0.2, -0.15) is 10.1 Å². The first-order valence-corrected chi connectivity index (χ1v) is 11.1. The molecule has 6 heteroatoms.